The molecule has 1 saturated heterocycles. The quantitative estimate of drug-likeness (QED) is 0.582. The second-order valence-electron chi connectivity index (χ2n) is 7.47. The van der Waals surface area contributed by atoms with E-state index in [-0.39, 0.29) is 34.4 Å². The SMILES string of the molecule is Cn1c(=O)[nH]c(=O)c2[nH]c(CCC(=O)N3CCN(C(=O)c4cccc(Cl)c4Cl)CC3)nc21. The van der Waals surface area contributed by atoms with Gasteiger partial charge in [0.05, 0.1) is 15.6 Å². The van der Waals surface area contributed by atoms with Crippen molar-refractivity contribution in [1.29, 1.82) is 0 Å². The number of carbonyl (C=O) groups is 2. The van der Waals surface area contributed by atoms with Gasteiger partial charge in [0.15, 0.2) is 5.65 Å². The van der Waals surface area contributed by atoms with Crippen molar-refractivity contribution in [3.63, 3.8) is 0 Å². The number of fused-ring (bicyclic) bond motifs is 1. The number of rotatable bonds is 4. The summed E-state index contributed by atoms with van der Waals surface area (Å²) >= 11 is 12.1. The van der Waals surface area contributed by atoms with Crippen molar-refractivity contribution < 1.29 is 9.59 Å². The fourth-order valence-corrected chi connectivity index (χ4v) is 4.03. The Kier molecular flexibility index (Phi) is 6.07. The Balaban J connectivity index is 1.36. The Hall–Kier alpha value is -3.11. The van der Waals surface area contributed by atoms with Gasteiger partial charge < -0.3 is 14.8 Å². The molecular formula is C20H20Cl2N6O4. The summed E-state index contributed by atoms with van der Waals surface area (Å²) in [5.74, 6) is 0.147. The van der Waals surface area contributed by atoms with Crippen molar-refractivity contribution in [3.05, 3.63) is 60.5 Å². The topological polar surface area (TPSA) is 124 Å². The summed E-state index contributed by atoms with van der Waals surface area (Å²) in [4.78, 5) is 61.7. The highest BCUT2D eigenvalue weighted by Crippen LogP contribution is 2.26. The zero-order chi connectivity index (χ0) is 23.0. The van der Waals surface area contributed by atoms with Crippen LogP contribution < -0.4 is 11.2 Å². The molecule has 0 radical (unpaired) electrons. The van der Waals surface area contributed by atoms with Crippen molar-refractivity contribution in [2.75, 3.05) is 26.2 Å². The van der Waals surface area contributed by atoms with Crippen molar-refractivity contribution in [1.82, 2.24) is 29.3 Å². The fourth-order valence-electron chi connectivity index (χ4n) is 3.65. The number of aryl methyl sites for hydroxylation is 2. The van der Waals surface area contributed by atoms with E-state index < -0.39 is 11.2 Å². The molecule has 2 N–H and O–H groups in total. The van der Waals surface area contributed by atoms with Gasteiger partial charge in [0.25, 0.3) is 11.5 Å². The Morgan fingerprint density at radius 2 is 1.75 bits per heavy atom. The van der Waals surface area contributed by atoms with E-state index in [9.17, 15) is 19.2 Å². The molecule has 3 heterocycles. The Morgan fingerprint density at radius 3 is 2.47 bits per heavy atom. The van der Waals surface area contributed by atoms with Crippen LogP contribution in [-0.2, 0) is 18.3 Å². The maximum Gasteiger partial charge on any atom is 0.329 e. The molecule has 0 aliphatic carbocycles. The van der Waals surface area contributed by atoms with Crippen LogP contribution in [0, 0.1) is 0 Å². The fraction of sp³-hybridized carbons (Fsp3) is 0.350. The van der Waals surface area contributed by atoms with E-state index in [1.54, 1.807) is 28.0 Å². The number of piperazine rings is 1. The number of H-pyrrole nitrogens is 2. The predicted molar refractivity (Wildman–Crippen MR) is 119 cm³/mol. The van der Waals surface area contributed by atoms with E-state index in [4.69, 9.17) is 23.2 Å². The number of amides is 2. The van der Waals surface area contributed by atoms with Gasteiger partial charge >= 0.3 is 5.69 Å². The average molecular weight is 479 g/mol. The van der Waals surface area contributed by atoms with Crippen molar-refractivity contribution in [2.45, 2.75) is 12.8 Å². The monoisotopic (exact) mass is 478 g/mol. The van der Waals surface area contributed by atoms with Gasteiger partial charge in [0.1, 0.15) is 11.3 Å². The number of nitrogens with one attached hydrogen (secondary N) is 2. The summed E-state index contributed by atoms with van der Waals surface area (Å²) in [6, 6.07) is 4.92. The summed E-state index contributed by atoms with van der Waals surface area (Å²) in [6.07, 6.45) is 0.470. The van der Waals surface area contributed by atoms with Crippen molar-refractivity contribution in [2.24, 2.45) is 7.05 Å². The predicted octanol–water partition coefficient (Wildman–Crippen LogP) is 1.17. The summed E-state index contributed by atoms with van der Waals surface area (Å²) in [5.41, 5.74) is -0.320. The van der Waals surface area contributed by atoms with Gasteiger partial charge in [-0.05, 0) is 12.1 Å². The molecule has 0 atom stereocenters. The number of hydrogen-bond acceptors (Lipinski definition) is 5. The van der Waals surface area contributed by atoms with E-state index in [1.807, 2.05) is 0 Å². The van der Waals surface area contributed by atoms with Gasteiger partial charge in [0, 0.05) is 46.1 Å². The third-order valence-electron chi connectivity index (χ3n) is 5.48. The van der Waals surface area contributed by atoms with Gasteiger partial charge in [-0.15, -0.1) is 0 Å². The highest BCUT2D eigenvalue weighted by atomic mass is 35.5. The smallest absolute Gasteiger partial charge is 0.329 e. The number of benzene rings is 1. The first-order valence-electron chi connectivity index (χ1n) is 9.95. The maximum atomic E-state index is 12.7. The van der Waals surface area contributed by atoms with Crippen LogP contribution in [-0.4, -0.2) is 67.3 Å². The standard InChI is InChI=1S/C20H20Cl2N6O4/c1-26-17-16(18(30)25-20(26)32)23-13(24-17)5-6-14(29)27-7-9-28(10-8-27)19(31)11-3-2-4-12(21)15(11)22/h2-4H,5-10H2,1H3,(H,23,24)(H,25,30,32). The van der Waals surface area contributed by atoms with E-state index in [0.717, 1.165) is 0 Å². The van der Waals surface area contributed by atoms with E-state index in [0.29, 0.717) is 49.0 Å². The molecule has 2 aromatic heterocycles. The summed E-state index contributed by atoms with van der Waals surface area (Å²) in [5, 5.41) is 0.541. The summed E-state index contributed by atoms with van der Waals surface area (Å²) < 4.78 is 1.24. The molecule has 0 saturated carbocycles. The number of imidazole rings is 1. The van der Waals surface area contributed by atoms with Crippen LogP contribution in [0.25, 0.3) is 11.2 Å². The van der Waals surface area contributed by atoms with Crippen LogP contribution in [0.2, 0.25) is 10.0 Å². The molecular weight excluding hydrogens is 459 g/mol. The molecule has 2 amide bonds. The van der Waals surface area contributed by atoms with Crippen LogP contribution in [0.1, 0.15) is 22.6 Å². The number of aromatic nitrogens is 4. The molecule has 0 bridgehead atoms. The number of carbonyl (C=O) groups excluding carboxylic acids is 2. The summed E-state index contributed by atoms with van der Waals surface area (Å²) in [6.45, 7) is 1.57. The first kappa shape index (κ1) is 22.1. The lowest BCUT2D eigenvalue weighted by Crippen LogP contribution is -2.50. The van der Waals surface area contributed by atoms with Crippen LogP contribution in [0.5, 0.6) is 0 Å². The van der Waals surface area contributed by atoms with Crippen LogP contribution in [0.4, 0.5) is 0 Å². The highest BCUT2D eigenvalue weighted by molar-refractivity contribution is 6.43. The number of nitrogens with zero attached hydrogens (tertiary/aromatic N) is 4. The molecule has 1 aliphatic heterocycles. The lowest BCUT2D eigenvalue weighted by atomic mass is 10.1. The van der Waals surface area contributed by atoms with Crippen LogP contribution in [0.3, 0.4) is 0 Å². The Labute approximate surface area is 191 Å². The molecule has 1 aliphatic rings. The second-order valence-corrected chi connectivity index (χ2v) is 8.26. The Morgan fingerprint density at radius 1 is 1.06 bits per heavy atom. The molecule has 0 spiro atoms. The van der Waals surface area contributed by atoms with Gasteiger partial charge in [-0.25, -0.2) is 9.78 Å². The van der Waals surface area contributed by atoms with Crippen molar-refractivity contribution >= 4 is 46.2 Å². The molecule has 168 valence electrons. The lowest BCUT2D eigenvalue weighted by Gasteiger charge is -2.35. The Bertz CT molecular complexity index is 1320. The molecule has 10 nitrogen and oxygen atoms in total. The lowest BCUT2D eigenvalue weighted by molar-refractivity contribution is -0.132. The summed E-state index contributed by atoms with van der Waals surface area (Å²) in [7, 11) is 1.51. The number of aromatic amines is 2. The number of halogens is 2. The van der Waals surface area contributed by atoms with Gasteiger partial charge in [-0.1, -0.05) is 29.3 Å². The molecule has 32 heavy (non-hydrogen) atoms. The third-order valence-corrected chi connectivity index (χ3v) is 6.30. The largest absolute Gasteiger partial charge is 0.339 e. The zero-order valence-corrected chi connectivity index (χ0v) is 18.7. The van der Waals surface area contributed by atoms with Gasteiger partial charge in [0.2, 0.25) is 5.91 Å². The molecule has 3 aromatic rings. The molecule has 0 unspecified atom stereocenters. The average Bonchev–Trinajstić information content (AvgIpc) is 3.23. The minimum absolute atomic E-state index is 0.0823. The van der Waals surface area contributed by atoms with E-state index >= 15 is 0 Å². The third kappa shape index (κ3) is 4.15. The van der Waals surface area contributed by atoms with E-state index in [1.165, 1.54) is 11.6 Å². The molecule has 1 aromatic carbocycles. The first-order valence-corrected chi connectivity index (χ1v) is 10.7. The zero-order valence-electron chi connectivity index (χ0n) is 17.2. The molecule has 1 fully saturated rings. The first-order chi connectivity index (χ1) is 15.3. The van der Waals surface area contributed by atoms with Crippen molar-refractivity contribution in [3.8, 4) is 0 Å². The molecule has 4 rings (SSSR count). The normalized spacial score (nSPS) is 14.2. The van der Waals surface area contributed by atoms with E-state index in [2.05, 4.69) is 15.0 Å². The maximum absolute atomic E-state index is 12.7. The minimum Gasteiger partial charge on any atom is -0.339 e. The molecule has 12 heteroatoms. The van der Waals surface area contributed by atoms with Gasteiger partial charge in [-0.3, -0.25) is 23.9 Å². The van der Waals surface area contributed by atoms with Gasteiger partial charge in [-0.2, -0.15) is 0 Å². The van der Waals surface area contributed by atoms with Crippen LogP contribution >= 0.6 is 23.2 Å². The highest BCUT2D eigenvalue weighted by Gasteiger charge is 2.26. The van der Waals surface area contributed by atoms with Crippen LogP contribution in [0.15, 0.2) is 27.8 Å². The second kappa shape index (κ2) is 8.79. The minimum atomic E-state index is -0.553. The number of hydrogen-bond donors (Lipinski definition) is 2.